The third-order valence-corrected chi connectivity index (χ3v) is 3.49. The Bertz CT molecular complexity index is 444. The van der Waals surface area contributed by atoms with Crippen molar-refractivity contribution in [2.45, 2.75) is 19.9 Å². The molecule has 0 aliphatic carbocycles. The maximum Gasteiger partial charge on any atom is 0.311 e. The van der Waals surface area contributed by atoms with Gasteiger partial charge in [-0.1, -0.05) is 43.5 Å². The van der Waals surface area contributed by atoms with Crippen molar-refractivity contribution < 1.29 is 14.0 Å². The lowest BCUT2D eigenvalue weighted by molar-refractivity contribution is -0.929. The van der Waals surface area contributed by atoms with Gasteiger partial charge in [-0.05, 0) is 19.1 Å². The third-order valence-electron chi connectivity index (χ3n) is 3.49. The van der Waals surface area contributed by atoms with Gasteiger partial charge in [0.2, 0.25) is 0 Å². The maximum atomic E-state index is 11.7. The molecule has 3 heteroatoms. The number of nitrogens with zero attached hydrogens (tertiary/aromatic N) is 1. The smallest absolute Gasteiger partial charge is 0.311 e. The first-order valence-corrected chi connectivity index (χ1v) is 7.42. The van der Waals surface area contributed by atoms with Gasteiger partial charge in [0.05, 0.1) is 32.7 Å². The molecule has 0 aromatic heterocycles. The van der Waals surface area contributed by atoms with E-state index in [1.165, 1.54) is 5.56 Å². The van der Waals surface area contributed by atoms with E-state index in [2.05, 4.69) is 25.3 Å². The van der Waals surface area contributed by atoms with E-state index < -0.39 is 0 Å². The molecular formula is C18H26NO2+. The molecule has 0 heterocycles. The Morgan fingerprint density at radius 3 is 2.33 bits per heavy atom. The summed E-state index contributed by atoms with van der Waals surface area (Å²) in [6.07, 6.45) is 4.25. The fraction of sp³-hybridized carbons (Fsp3) is 0.389. The summed E-state index contributed by atoms with van der Waals surface area (Å²) in [5.74, 6) is -0.138. The van der Waals surface area contributed by atoms with Crippen molar-refractivity contribution in [1.29, 1.82) is 0 Å². The average molecular weight is 288 g/mol. The lowest BCUT2D eigenvalue weighted by Gasteiger charge is -2.37. The molecule has 0 unspecified atom stereocenters. The van der Waals surface area contributed by atoms with Crippen LogP contribution >= 0.6 is 0 Å². The van der Waals surface area contributed by atoms with E-state index >= 15 is 0 Å². The fourth-order valence-corrected chi connectivity index (χ4v) is 2.55. The summed E-state index contributed by atoms with van der Waals surface area (Å²) in [5.41, 5.74) is 1.25. The van der Waals surface area contributed by atoms with Crippen LogP contribution in [0, 0.1) is 0 Å². The minimum Gasteiger partial charge on any atom is -0.466 e. The normalized spacial score (nSPS) is 10.9. The van der Waals surface area contributed by atoms with Crippen LogP contribution in [-0.4, -0.2) is 36.7 Å². The van der Waals surface area contributed by atoms with E-state index in [4.69, 9.17) is 4.74 Å². The van der Waals surface area contributed by atoms with Gasteiger partial charge in [0.25, 0.3) is 0 Å². The second-order valence-corrected chi connectivity index (χ2v) is 5.21. The topological polar surface area (TPSA) is 26.3 Å². The lowest BCUT2D eigenvalue weighted by atomic mass is 10.1. The van der Waals surface area contributed by atoms with E-state index in [9.17, 15) is 4.79 Å². The number of hydrogen-bond acceptors (Lipinski definition) is 2. The fourth-order valence-electron chi connectivity index (χ4n) is 2.55. The minimum absolute atomic E-state index is 0.138. The van der Waals surface area contributed by atoms with E-state index in [-0.39, 0.29) is 5.97 Å². The van der Waals surface area contributed by atoms with Crippen molar-refractivity contribution >= 4 is 5.97 Å². The summed E-state index contributed by atoms with van der Waals surface area (Å²) in [6.45, 7) is 13.2. The second kappa shape index (κ2) is 9.14. The molecular weight excluding hydrogens is 262 g/mol. The van der Waals surface area contributed by atoms with Gasteiger partial charge in [-0.2, -0.15) is 0 Å². The van der Waals surface area contributed by atoms with Crippen molar-refractivity contribution in [1.82, 2.24) is 0 Å². The summed E-state index contributed by atoms with van der Waals surface area (Å²) in [6, 6.07) is 10.3. The summed E-state index contributed by atoms with van der Waals surface area (Å²) in [7, 11) is 0. The monoisotopic (exact) mass is 288 g/mol. The van der Waals surface area contributed by atoms with Crippen molar-refractivity contribution in [3.8, 4) is 0 Å². The van der Waals surface area contributed by atoms with Crippen LogP contribution < -0.4 is 0 Å². The van der Waals surface area contributed by atoms with E-state index in [1.54, 1.807) is 0 Å². The van der Waals surface area contributed by atoms with Gasteiger partial charge < -0.3 is 9.22 Å². The molecule has 0 N–H and O–H groups in total. The van der Waals surface area contributed by atoms with Gasteiger partial charge in [0.15, 0.2) is 0 Å². The second-order valence-electron chi connectivity index (χ2n) is 5.21. The van der Waals surface area contributed by atoms with Gasteiger partial charge in [0, 0.05) is 5.56 Å². The molecule has 0 saturated heterocycles. The van der Waals surface area contributed by atoms with Crippen molar-refractivity contribution in [3.63, 3.8) is 0 Å². The first-order valence-electron chi connectivity index (χ1n) is 7.42. The number of ether oxygens (including phenoxy) is 1. The van der Waals surface area contributed by atoms with Crippen molar-refractivity contribution in [2.24, 2.45) is 0 Å². The van der Waals surface area contributed by atoms with Crippen LogP contribution in [0.1, 0.15) is 18.9 Å². The molecule has 0 amide bonds. The number of rotatable bonds is 10. The molecule has 114 valence electrons. The highest BCUT2D eigenvalue weighted by atomic mass is 16.5. The quantitative estimate of drug-likeness (QED) is 0.375. The third kappa shape index (κ3) is 5.96. The van der Waals surface area contributed by atoms with Gasteiger partial charge in [-0.15, -0.1) is 0 Å². The predicted molar refractivity (Wildman–Crippen MR) is 86.7 cm³/mol. The summed E-state index contributed by atoms with van der Waals surface area (Å²) in [5, 5.41) is 0. The van der Waals surface area contributed by atoms with E-state index in [0.717, 1.165) is 30.7 Å². The Balaban J connectivity index is 2.83. The standard InChI is InChI=1S/C18H26NO2/c1-4-13-19(14-5-2,15-12-18(20)21-6-3)16-17-10-8-7-9-11-17/h4-5,7-11H,1-2,6,12-16H2,3H3/q+1. The Morgan fingerprint density at radius 1 is 1.19 bits per heavy atom. The van der Waals surface area contributed by atoms with Gasteiger partial charge in [0.1, 0.15) is 6.54 Å². The Labute approximate surface area is 128 Å². The molecule has 0 saturated carbocycles. The number of benzene rings is 1. The van der Waals surface area contributed by atoms with Gasteiger partial charge >= 0.3 is 5.97 Å². The molecule has 0 aliphatic rings. The molecule has 0 atom stereocenters. The minimum atomic E-state index is -0.138. The zero-order valence-electron chi connectivity index (χ0n) is 13.0. The number of carbonyl (C=O) groups is 1. The van der Waals surface area contributed by atoms with Crippen LogP contribution in [0.5, 0.6) is 0 Å². The zero-order valence-corrected chi connectivity index (χ0v) is 13.0. The molecule has 1 aromatic carbocycles. The Morgan fingerprint density at radius 2 is 1.81 bits per heavy atom. The summed E-state index contributed by atoms with van der Waals surface area (Å²) >= 11 is 0. The van der Waals surface area contributed by atoms with Crippen LogP contribution in [0.4, 0.5) is 0 Å². The van der Waals surface area contributed by atoms with Crippen LogP contribution in [0.2, 0.25) is 0 Å². The van der Waals surface area contributed by atoms with E-state index in [0.29, 0.717) is 13.0 Å². The molecule has 0 bridgehead atoms. The Hall–Kier alpha value is -1.87. The largest absolute Gasteiger partial charge is 0.466 e. The van der Waals surface area contributed by atoms with Gasteiger partial charge in [-0.3, -0.25) is 4.79 Å². The summed E-state index contributed by atoms with van der Waals surface area (Å²) < 4.78 is 5.79. The molecule has 0 aliphatic heterocycles. The van der Waals surface area contributed by atoms with Crippen LogP contribution in [-0.2, 0) is 16.1 Å². The maximum absolute atomic E-state index is 11.7. The van der Waals surface area contributed by atoms with Crippen LogP contribution in [0.15, 0.2) is 55.6 Å². The predicted octanol–water partition coefficient (Wildman–Crippen LogP) is 3.33. The first-order chi connectivity index (χ1) is 10.2. The number of esters is 1. The molecule has 3 nitrogen and oxygen atoms in total. The highest BCUT2D eigenvalue weighted by Crippen LogP contribution is 2.16. The van der Waals surface area contributed by atoms with Crippen LogP contribution in [0.3, 0.4) is 0 Å². The molecule has 1 rings (SSSR count). The average Bonchev–Trinajstić information content (AvgIpc) is 2.47. The highest BCUT2D eigenvalue weighted by Gasteiger charge is 2.26. The first kappa shape index (κ1) is 17.2. The SMILES string of the molecule is C=CC[N+](CC=C)(CCC(=O)OCC)Cc1ccccc1. The van der Waals surface area contributed by atoms with Crippen molar-refractivity contribution in [3.05, 3.63) is 61.2 Å². The molecule has 0 fully saturated rings. The molecule has 21 heavy (non-hydrogen) atoms. The van der Waals surface area contributed by atoms with E-state index in [1.807, 2.05) is 37.3 Å². The zero-order chi connectivity index (χ0) is 15.6. The molecule has 1 aromatic rings. The summed E-state index contributed by atoms with van der Waals surface area (Å²) in [4.78, 5) is 11.7. The lowest BCUT2D eigenvalue weighted by Crippen LogP contribution is -2.48. The number of carbonyl (C=O) groups excluding carboxylic acids is 1. The Kier molecular flexibility index (Phi) is 7.48. The van der Waals surface area contributed by atoms with Gasteiger partial charge in [-0.25, -0.2) is 0 Å². The van der Waals surface area contributed by atoms with Crippen LogP contribution in [0.25, 0.3) is 0 Å². The number of hydrogen-bond donors (Lipinski definition) is 0. The highest BCUT2D eigenvalue weighted by molar-refractivity contribution is 5.69. The molecule has 0 radical (unpaired) electrons. The number of quaternary nitrogens is 1. The molecule has 0 spiro atoms. The van der Waals surface area contributed by atoms with Crippen molar-refractivity contribution in [2.75, 3.05) is 26.2 Å².